The number of ether oxygens (including phenoxy) is 3. The first-order chi connectivity index (χ1) is 18.3. The standard InChI is InChI=1S/C32H36N2O5/c1-17(2)16-37-25-13-19-12-21-20-11-18(15-33)7-8-22(20)34-26(21)30(19,6)29(5)9-10-31-24(32(25,29)36)14-23(35)27(38-31)28(3,4)39-31/h7-8,11,14,19,25,27,34,36H,1,9-10,12-13,16H2,2-6H3/t19-,25+,27+,29-,30-,31+,32+/m1/s1. The molecule has 1 aromatic carbocycles. The first kappa shape index (κ1) is 25.2. The lowest BCUT2D eigenvalue weighted by Crippen LogP contribution is -2.74. The number of nitriles is 1. The van der Waals surface area contributed by atoms with Crippen LogP contribution in [0.25, 0.3) is 10.9 Å². The fourth-order valence-electron chi connectivity index (χ4n) is 8.95. The second-order valence-electron chi connectivity index (χ2n) is 13.5. The largest absolute Gasteiger partial charge is 0.382 e. The van der Waals surface area contributed by atoms with Gasteiger partial charge in [0, 0.05) is 39.4 Å². The Kier molecular flexibility index (Phi) is 4.85. The molecular formula is C32H36N2O5. The molecule has 204 valence electrons. The number of aromatic amines is 1. The number of carbonyl (C=O) groups excluding carboxylic acids is 1. The molecule has 0 radical (unpaired) electrons. The third kappa shape index (κ3) is 2.83. The second-order valence-corrected chi connectivity index (χ2v) is 13.5. The van der Waals surface area contributed by atoms with Crippen LogP contribution in [0, 0.1) is 22.7 Å². The van der Waals surface area contributed by atoms with Crippen LogP contribution >= 0.6 is 0 Å². The Morgan fingerprint density at radius 3 is 2.77 bits per heavy atom. The fourth-order valence-corrected chi connectivity index (χ4v) is 8.95. The van der Waals surface area contributed by atoms with Crippen LogP contribution in [0.3, 0.4) is 0 Å². The Morgan fingerprint density at radius 2 is 2.05 bits per heavy atom. The molecule has 7 heteroatoms. The van der Waals surface area contributed by atoms with Gasteiger partial charge in [0.05, 0.1) is 24.3 Å². The molecule has 0 amide bonds. The summed E-state index contributed by atoms with van der Waals surface area (Å²) in [6.45, 7) is 14.4. The van der Waals surface area contributed by atoms with Gasteiger partial charge in [-0.2, -0.15) is 5.26 Å². The van der Waals surface area contributed by atoms with Crippen molar-refractivity contribution in [3.05, 3.63) is 58.8 Å². The lowest BCUT2D eigenvalue weighted by atomic mass is 9.41. The van der Waals surface area contributed by atoms with E-state index in [1.165, 1.54) is 5.56 Å². The molecule has 39 heavy (non-hydrogen) atoms. The van der Waals surface area contributed by atoms with Crippen LogP contribution in [0.4, 0.5) is 0 Å². The van der Waals surface area contributed by atoms with E-state index < -0.39 is 40.0 Å². The van der Waals surface area contributed by atoms with Crippen molar-refractivity contribution in [3.63, 3.8) is 0 Å². The molecule has 3 fully saturated rings. The van der Waals surface area contributed by atoms with Crippen LogP contribution in [0.1, 0.15) is 70.7 Å². The van der Waals surface area contributed by atoms with Gasteiger partial charge >= 0.3 is 0 Å². The molecule has 2 saturated carbocycles. The molecule has 3 heterocycles. The zero-order valence-electron chi connectivity index (χ0n) is 23.3. The molecule has 1 spiro atoms. The summed E-state index contributed by atoms with van der Waals surface area (Å²) >= 11 is 0. The molecule has 2 N–H and O–H groups in total. The quantitative estimate of drug-likeness (QED) is 0.557. The number of hydrogen-bond donors (Lipinski definition) is 2. The number of aliphatic hydroxyl groups is 1. The summed E-state index contributed by atoms with van der Waals surface area (Å²) in [6, 6.07) is 8.05. The number of nitrogens with one attached hydrogen (secondary N) is 1. The molecule has 2 aliphatic heterocycles. The van der Waals surface area contributed by atoms with Gasteiger partial charge < -0.3 is 24.3 Å². The first-order valence-electron chi connectivity index (χ1n) is 14.0. The highest BCUT2D eigenvalue weighted by atomic mass is 16.8. The normalized spacial score (nSPS) is 41.3. The summed E-state index contributed by atoms with van der Waals surface area (Å²) in [6.07, 6.45) is 2.92. The Balaban J connectivity index is 1.45. The van der Waals surface area contributed by atoms with Gasteiger partial charge in [-0.3, -0.25) is 4.79 Å². The average Bonchev–Trinajstić information content (AvgIpc) is 3.46. The molecular weight excluding hydrogens is 492 g/mol. The molecule has 1 saturated heterocycles. The summed E-state index contributed by atoms with van der Waals surface area (Å²) in [5, 5.41) is 23.8. The minimum absolute atomic E-state index is 0.173. The highest BCUT2D eigenvalue weighted by Gasteiger charge is 2.78. The van der Waals surface area contributed by atoms with E-state index in [0.29, 0.717) is 37.0 Å². The Morgan fingerprint density at radius 1 is 1.28 bits per heavy atom. The topological polar surface area (TPSA) is 105 Å². The molecule has 7 rings (SSSR count). The third-order valence-electron chi connectivity index (χ3n) is 11.0. The molecule has 2 bridgehead atoms. The zero-order valence-corrected chi connectivity index (χ0v) is 23.3. The number of rotatable bonds is 3. The third-order valence-corrected chi connectivity index (χ3v) is 11.0. The smallest absolute Gasteiger partial charge is 0.195 e. The fraction of sp³-hybridized carbons (Fsp3) is 0.562. The van der Waals surface area contributed by atoms with E-state index in [1.54, 1.807) is 6.08 Å². The van der Waals surface area contributed by atoms with Gasteiger partial charge in [-0.25, -0.2) is 0 Å². The van der Waals surface area contributed by atoms with Crippen LogP contribution in [0.2, 0.25) is 0 Å². The van der Waals surface area contributed by atoms with E-state index in [4.69, 9.17) is 14.2 Å². The summed E-state index contributed by atoms with van der Waals surface area (Å²) < 4.78 is 19.5. The molecule has 2 aromatic rings. The SMILES string of the molecule is C=C(C)CO[C@H]1C[C@H]2Cc3c([nH]c4ccc(C#N)cc34)[C@]2(C)[C@@]2(C)CC[C@@]34O[C@@H](C(=O)C=C3[C@]12O)C(C)(C)O4. The number of aromatic nitrogens is 1. The minimum atomic E-state index is -1.52. The van der Waals surface area contributed by atoms with Gasteiger partial charge in [-0.1, -0.05) is 26.0 Å². The molecule has 5 aliphatic rings. The van der Waals surface area contributed by atoms with Crippen molar-refractivity contribution in [2.24, 2.45) is 11.3 Å². The van der Waals surface area contributed by atoms with Gasteiger partial charge in [0.2, 0.25) is 0 Å². The summed E-state index contributed by atoms with van der Waals surface area (Å²) in [7, 11) is 0. The van der Waals surface area contributed by atoms with E-state index in [2.05, 4.69) is 31.5 Å². The maximum absolute atomic E-state index is 13.4. The van der Waals surface area contributed by atoms with E-state index in [0.717, 1.165) is 28.6 Å². The van der Waals surface area contributed by atoms with Crippen LogP contribution in [0.15, 0.2) is 42.0 Å². The Bertz CT molecular complexity index is 1550. The lowest BCUT2D eigenvalue weighted by Gasteiger charge is -2.67. The van der Waals surface area contributed by atoms with E-state index in [-0.39, 0.29) is 11.7 Å². The number of H-pyrrole nitrogens is 1. The van der Waals surface area contributed by atoms with Crippen molar-refractivity contribution in [1.29, 1.82) is 5.26 Å². The van der Waals surface area contributed by atoms with Crippen LogP contribution in [0.5, 0.6) is 0 Å². The van der Waals surface area contributed by atoms with Gasteiger partial charge in [0.1, 0.15) is 11.2 Å². The van der Waals surface area contributed by atoms with Gasteiger partial charge in [-0.05, 0) is 75.8 Å². The van der Waals surface area contributed by atoms with Gasteiger partial charge in [-0.15, -0.1) is 0 Å². The van der Waals surface area contributed by atoms with Gasteiger partial charge in [0.25, 0.3) is 0 Å². The number of fused-ring (bicyclic) bond motifs is 9. The predicted octanol–water partition coefficient (Wildman–Crippen LogP) is 4.77. The molecule has 7 atom stereocenters. The highest BCUT2D eigenvalue weighted by Crippen LogP contribution is 2.72. The number of ketones is 1. The summed E-state index contributed by atoms with van der Waals surface area (Å²) in [4.78, 5) is 17.1. The van der Waals surface area contributed by atoms with E-state index in [1.807, 2.05) is 39.0 Å². The minimum Gasteiger partial charge on any atom is -0.382 e. The zero-order chi connectivity index (χ0) is 27.8. The first-order valence-corrected chi connectivity index (χ1v) is 14.0. The second kappa shape index (κ2) is 7.50. The molecule has 1 aromatic heterocycles. The molecule has 7 nitrogen and oxygen atoms in total. The molecule has 3 aliphatic carbocycles. The van der Waals surface area contributed by atoms with Crippen molar-refractivity contribution < 1.29 is 24.1 Å². The number of hydrogen-bond acceptors (Lipinski definition) is 6. The van der Waals surface area contributed by atoms with Crippen molar-refractivity contribution in [2.45, 2.75) is 94.9 Å². The predicted molar refractivity (Wildman–Crippen MR) is 145 cm³/mol. The number of nitrogens with zero attached hydrogens (tertiary/aromatic N) is 1. The Labute approximate surface area is 228 Å². The van der Waals surface area contributed by atoms with Crippen LogP contribution in [-0.4, -0.2) is 51.7 Å². The van der Waals surface area contributed by atoms with Crippen molar-refractivity contribution in [1.82, 2.24) is 4.98 Å². The van der Waals surface area contributed by atoms with E-state index >= 15 is 0 Å². The highest BCUT2D eigenvalue weighted by molar-refractivity contribution is 5.97. The van der Waals surface area contributed by atoms with E-state index in [9.17, 15) is 15.2 Å². The summed E-state index contributed by atoms with van der Waals surface area (Å²) in [5.41, 5.74) is 1.83. The monoisotopic (exact) mass is 528 g/mol. The maximum atomic E-state index is 13.4. The molecule has 0 unspecified atom stereocenters. The van der Waals surface area contributed by atoms with Crippen LogP contribution in [-0.2, 0) is 30.8 Å². The van der Waals surface area contributed by atoms with Crippen molar-refractivity contribution in [3.8, 4) is 6.07 Å². The lowest BCUT2D eigenvalue weighted by molar-refractivity contribution is -0.279. The van der Waals surface area contributed by atoms with Crippen molar-refractivity contribution in [2.75, 3.05) is 6.61 Å². The Hall–Kier alpha value is -2.76. The maximum Gasteiger partial charge on any atom is 0.195 e. The average molecular weight is 529 g/mol. The number of carbonyl (C=O) groups is 1. The van der Waals surface area contributed by atoms with Crippen LogP contribution < -0.4 is 0 Å². The number of benzene rings is 1. The van der Waals surface area contributed by atoms with Crippen molar-refractivity contribution >= 4 is 16.7 Å². The summed E-state index contributed by atoms with van der Waals surface area (Å²) in [5.74, 6) is -1.14. The van der Waals surface area contributed by atoms with Gasteiger partial charge in [0.15, 0.2) is 17.7 Å².